The quantitative estimate of drug-likeness (QED) is 0.405. The van der Waals surface area contributed by atoms with E-state index in [4.69, 9.17) is 0 Å². The second kappa shape index (κ2) is 11.8. The Hall–Kier alpha value is -2.88. The molecule has 0 saturated heterocycles. The molecule has 0 aliphatic heterocycles. The van der Waals surface area contributed by atoms with E-state index in [0.29, 0.717) is 0 Å². The Morgan fingerprint density at radius 3 is 1.55 bits per heavy atom. The van der Waals surface area contributed by atoms with Crippen molar-refractivity contribution in [2.24, 2.45) is 0 Å². The minimum atomic E-state index is -3.80. The number of benzene rings is 2. The van der Waals surface area contributed by atoms with Gasteiger partial charge in [0.15, 0.2) is 0 Å². The van der Waals surface area contributed by atoms with Gasteiger partial charge in [-0.2, -0.15) is 8.61 Å². The van der Waals surface area contributed by atoms with Crippen LogP contribution in [0.5, 0.6) is 0 Å². The Kier molecular flexibility index (Phi) is 9.45. The van der Waals surface area contributed by atoms with Crippen molar-refractivity contribution in [3.8, 4) is 23.7 Å². The van der Waals surface area contributed by atoms with Crippen molar-refractivity contribution in [1.82, 2.24) is 8.61 Å². The van der Waals surface area contributed by atoms with Crippen molar-refractivity contribution in [3.05, 3.63) is 72.3 Å². The first-order chi connectivity index (χ1) is 15.6. The molecule has 0 heterocycles. The lowest BCUT2D eigenvalue weighted by atomic mass is 10.2. The summed E-state index contributed by atoms with van der Waals surface area (Å²) in [5, 5.41) is 0. The first-order valence-electron chi connectivity index (χ1n) is 10.2. The average Bonchev–Trinajstić information content (AvgIpc) is 2.78. The zero-order valence-electron chi connectivity index (χ0n) is 19.1. The molecule has 0 fully saturated rings. The fourth-order valence-corrected chi connectivity index (χ4v) is 5.35. The zero-order chi connectivity index (χ0) is 24.5. The molecule has 0 aromatic heterocycles. The van der Waals surface area contributed by atoms with E-state index >= 15 is 0 Å². The zero-order valence-corrected chi connectivity index (χ0v) is 20.7. The molecule has 2 rings (SSSR count). The number of aryl methyl sites for hydroxylation is 2. The molecule has 2 aromatic rings. The molecule has 0 spiro atoms. The number of hydrogen-bond donors (Lipinski definition) is 0. The van der Waals surface area contributed by atoms with E-state index in [-0.39, 0.29) is 36.0 Å². The van der Waals surface area contributed by atoms with Crippen LogP contribution in [0.15, 0.2) is 71.0 Å². The van der Waals surface area contributed by atoms with Crippen LogP contribution in [-0.4, -0.2) is 51.6 Å². The van der Waals surface area contributed by atoms with Crippen molar-refractivity contribution in [2.75, 3.05) is 26.2 Å². The van der Waals surface area contributed by atoms with Crippen LogP contribution in [0.4, 0.5) is 0 Å². The van der Waals surface area contributed by atoms with Crippen LogP contribution in [0.25, 0.3) is 0 Å². The molecular weight excluding hydrogens is 456 g/mol. The van der Waals surface area contributed by atoms with Gasteiger partial charge in [-0.15, -0.1) is 12.5 Å². The normalized spacial score (nSPS) is 11.4. The smallest absolute Gasteiger partial charge is 0.207 e. The van der Waals surface area contributed by atoms with Crippen molar-refractivity contribution in [1.29, 1.82) is 0 Å². The average molecular weight is 485 g/mol. The van der Waals surface area contributed by atoms with Gasteiger partial charge >= 0.3 is 0 Å². The Labute approximate surface area is 198 Å². The van der Waals surface area contributed by atoms with Crippen molar-refractivity contribution in [3.63, 3.8) is 0 Å². The maximum atomic E-state index is 13.0. The lowest BCUT2D eigenvalue weighted by molar-refractivity contribution is 0.474. The third-order valence-corrected chi connectivity index (χ3v) is 8.35. The summed E-state index contributed by atoms with van der Waals surface area (Å²) in [7, 11) is -7.56. The molecule has 2 aromatic carbocycles. The molecule has 0 atom stereocenters. The van der Waals surface area contributed by atoms with E-state index in [1.807, 2.05) is 13.8 Å². The third-order valence-electron chi connectivity index (χ3n) is 4.72. The van der Waals surface area contributed by atoms with Crippen LogP contribution >= 0.6 is 0 Å². The van der Waals surface area contributed by atoms with Gasteiger partial charge in [-0.3, -0.25) is 0 Å². The molecule has 0 amide bonds. The van der Waals surface area contributed by atoms with Gasteiger partial charge in [-0.05, 0) is 45.0 Å². The monoisotopic (exact) mass is 484 g/mol. The van der Waals surface area contributed by atoms with E-state index in [0.717, 1.165) is 11.1 Å². The summed E-state index contributed by atoms with van der Waals surface area (Å²) in [6.45, 7) is 8.87. The third kappa shape index (κ3) is 7.05. The summed E-state index contributed by atoms with van der Waals surface area (Å²) in [4.78, 5) is 0.321. The number of sulfonamides is 2. The van der Waals surface area contributed by atoms with Crippen LogP contribution in [-0.2, 0) is 20.0 Å². The van der Waals surface area contributed by atoms with Gasteiger partial charge in [-0.25, -0.2) is 16.8 Å². The van der Waals surface area contributed by atoms with Crippen molar-refractivity contribution >= 4 is 20.0 Å². The van der Waals surface area contributed by atoms with Crippen LogP contribution in [0, 0.1) is 37.5 Å². The van der Waals surface area contributed by atoms with E-state index in [2.05, 4.69) is 30.3 Å². The first kappa shape index (κ1) is 26.4. The second-order valence-corrected chi connectivity index (χ2v) is 11.1. The van der Waals surface area contributed by atoms with E-state index in [1.54, 1.807) is 55.5 Å². The molecule has 174 valence electrons. The highest BCUT2D eigenvalue weighted by Crippen LogP contribution is 2.17. The highest BCUT2D eigenvalue weighted by atomic mass is 32.2. The molecule has 0 N–H and O–H groups in total. The summed E-state index contributed by atoms with van der Waals surface area (Å²) in [5.74, 6) is 11.0. The standard InChI is InChI=1S/C25H28N2O4S2/c1-5-7-19-27(33(30,31)25-16-12-23(4)13-17-25)21-9-8-20-26(18-6-2)32(28,29)24-14-10-22(3)11-15-24/h6,10-17H,2,18-21H2,1,3-4H3. The Morgan fingerprint density at radius 1 is 0.727 bits per heavy atom. The van der Waals surface area contributed by atoms with E-state index in [1.165, 1.54) is 14.7 Å². The first-order valence-corrected chi connectivity index (χ1v) is 13.1. The van der Waals surface area contributed by atoms with Gasteiger partial charge in [0.1, 0.15) is 0 Å². The van der Waals surface area contributed by atoms with Crippen LogP contribution < -0.4 is 0 Å². The van der Waals surface area contributed by atoms with E-state index < -0.39 is 20.0 Å². The van der Waals surface area contributed by atoms with Crippen LogP contribution in [0.1, 0.15) is 18.1 Å². The molecule has 0 aliphatic rings. The number of nitrogens with zero attached hydrogens (tertiary/aromatic N) is 2. The maximum Gasteiger partial charge on any atom is 0.244 e. The van der Waals surface area contributed by atoms with Gasteiger partial charge in [0.05, 0.1) is 29.4 Å². The lowest BCUT2D eigenvalue weighted by Gasteiger charge is -2.19. The maximum absolute atomic E-state index is 13.0. The molecule has 0 aliphatic carbocycles. The summed E-state index contributed by atoms with van der Waals surface area (Å²) in [5.41, 5.74) is 1.90. The molecular formula is C25H28N2O4S2. The predicted molar refractivity (Wildman–Crippen MR) is 131 cm³/mol. The molecule has 6 nitrogen and oxygen atoms in total. The lowest BCUT2D eigenvalue weighted by Crippen LogP contribution is -2.33. The fourth-order valence-electron chi connectivity index (χ4n) is 2.79. The SMILES string of the molecule is C=CCN(CC#CCN(CC#CC)S(=O)(=O)c1ccc(C)cc1)S(=O)(=O)c1ccc(C)cc1. The second-order valence-electron chi connectivity index (χ2n) is 7.27. The highest BCUT2D eigenvalue weighted by Gasteiger charge is 2.24. The summed E-state index contributed by atoms with van der Waals surface area (Å²) in [6, 6.07) is 13.1. The summed E-state index contributed by atoms with van der Waals surface area (Å²) < 4.78 is 54.3. The van der Waals surface area contributed by atoms with Gasteiger partial charge in [-0.1, -0.05) is 59.2 Å². The van der Waals surface area contributed by atoms with Gasteiger partial charge < -0.3 is 0 Å². The minimum Gasteiger partial charge on any atom is -0.207 e. The largest absolute Gasteiger partial charge is 0.244 e. The van der Waals surface area contributed by atoms with Crippen LogP contribution in [0.3, 0.4) is 0 Å². The molecule has 8 heteroatoms. The number of hydrogen-bond acceptors (Lipinski definition) is 4. The predicted octanol–water partition coefficient (Wildman–Crippen LogP) is 3.20. The topological polar surface area (TPSA) is 74.8 Å². The molecule has 0 unspecified atom stereocenters. The van der Waals surface area contributed by atoms with E-state index in [9.17, 15) is 16.8 Å². The van der Waals surface area contributed by atoms with Crippen molar-refractivity contribution in [2.45, 2.75) is 30.6 Å². The fraction of sp³-hybridized carbons (Fsp3) is 0.280. The van der Waals surface area contributed by atoms with Crippen molar-refractivity contribution < 1.29 is 16.8 Å². The van der Waals surface area contributed by atoms with Crippen LogP contribution in [0.2, 0.25) is 0 Å². The molecule has 0 saturated carbocycles. The molecule has 0 bridgehead atoms. The Balaban J connectivity index is 2.23. The molecule has 0 radical (unpaired) electrons. The van der Waals surface area contributed by atoms with Gasteiger partial charge in [0.25, 0.3) is 0 Å². The van der Waals surface area contributed by atoms with Gasteiger partial charge in [0, 0.05) is 6.54 Å². The number of rotatable bonds is 9. The highest BCUT2D eigenvalue weighted by molar-refractivity contribution is 7.89. The Bertz CT molecular complexity index is 1290. The molecule has 33 heavy (non-hydrogen) atoms. The minimum absolute atomic E-state index is 0.0145. The Morgan fingerprint density at radius 2 is 1.12 bits per heavy atom. The summed E-state index contributed by atoms with van der Waals surface area (Å²) in [6.07, 6.45) is 1.48. The van der Waals surface area contributed by atoms with Gasteiger partial charge in [0.2, 0.25) is 20.0 Å². The summed E-state index contributed by atoms with van der Waals surface area (Å²) >= 11 is 0.